The lowest BCUT2D eigenvalue weighted by atomic mass is 9.80. The monoisotopic (exact) mass is 278 g/mol. The van der Waals surface area contributed by atoms with Gasteiger partial charge in [-0.1, -0.05) is 62.4 Å². The maximum Gasteiger partial charge on any atom is 0.166 e. The quantitative estimate of drug-likeness (QED) is 0.737. The first-order valence-corrected chi connectivity index (χ1v) is 7.86. The molecule has 1 aliphatic carbocycles. The van der Waals surface area contributed by atoms with Gasteiger partial charge in [-0.25, -0.2) is 0 Å². The van der Waals surface area contributed by atoms with Crippen LogP contribution in [0.4, 0.5) is 0 Å². The smallest absolute Gasteiger partial charge is 0.166 e. The van der Waals surface area contributed by atoms with E-state index < -0.39 is 0 Å². The maximum atomic E-state index is 12.7. The zero-order chi connectivity index (χ0) is 14.8. The predicted octanol–water partition coefficient (Wildman–Crippen LogP) is 4.80. The molecule has 3 rings (SSSR count). The number of aryl methyl sites for hydroxylation is 1. The van der Waals surface area contributed by atoms with Gasteiger partial charge in [0.1, 0.15) is 0 Å². The summed E-state index contributed by atoms with van der Waals surface area (Å²) in [4.78, 5) is 12.7. The number of fused-ring (bicyclic) bond motifs is 1. The lowest BCUT2D eigenvalue weighted by Crippen LogP contribution is -2.22. The molecule has 0 spiro atoms. The average Bonchev–Trinajstić information content (AvgIpc) is 2.54. The number of rotatable bonds is 3. The molecule has 0 saturated carbocycles. The molecule has 21 heavy (non-hydrogen) atoms. The van der Waals surface area contributed by atoms with Gasteiger partial charge < -0.3 is 0 Å². The molecule has 2 aromatic carbocycles. The molecule has 1 unspecified atom stereocenters. The molecule has 108 valence electrons. The molecule has 0 radical (unpaired) electrons. The Bertz CT molecular complexity index is 637. The van der Waals surface area contributed by atoms with Crippen LogP contribution in [0, 0.1) is 5.92 Å². The zero-order valence-electron chi connectivity index (χ0n) is 12.8. The lowest BCUT2D eigenvalue weighted by Gasteiger charge is -2.23. The van der Waals surface area contributed by atoms with Crippen molar-refractivity contribution in [2.75, 3.05) is 0 Å². The van der Waals surface area contributed by atoms with Gasteiger partial charge in [-0.05, 0) is 41.9 Å². The van der Waals surface area contributed by atoms with Crippen LogP contribution >= 0.6 is 0 Å². The van der Waals surface area contributed by atoms with E-state index >= 15 is 0 Å². The summed E-state index contributed by atoms with van der Waals surface area (Å²) in [6.45, 7) is 4.35. The van der Waals surface area contributed by atoms with Crippen LogP contribution < -0.4 is 0 Å². The van der Waals surface area contributed by atoms with Crippen LogP contribution in [0.2, 0.25) is 0 Å². The molecule has 1 atom stereocenters. The second-order valence-corrected chi connectivity index (χ2v) is 6.35. The number of carbonyl (C=O) groups is 1. The van der Waals surface area contributed by atoms with Crippen LogP contribution in [0.3, 0.4) is 0 Å². The Morgan fingerprint density at radius 3 is 2.33 bits per heavy atom. The highest BCUT2D eigenvalue weighted by molar-refractivity contribution is 5.98. The summed E-state index contributed by atoms with van der Waals surface area (Å²) in [5.41, 5.74) is 4.92. The molecule has 1 aliphatic rings. The van der Waals surface area contributed by atoms with Gasteiger partial charge in [0, 0.05) is 11.5 Å². The largest absolute Gasteiger partial charge is 0.294 e. The van der Waals surface area contributed by atoms with Crippen LogP contribution in [-0.2, 0) is 12.8 Å². The van der Waals surface area contributed by atoms with Crippen molar-refractivity contribution in [1.29, 1.82) is 0 Å². The summed E-state index contributed by atoms with van der Waals surface area (Å²) in [6.07, 6.45) is 2.89. The third kappa shape index (κ3) is 2.92. The van der Waals surface area contributed by atoms with Crippen molar-refractivity contribution >= 4 is 5.78 Å². The second-order valence-electron chi connectivity index (χ2n) is 6.35. The minimum absolute atomic E-state index is 0.143. The molecule has 0 N–H and O–H groups in total. The fourth-order valence-corrected chi connectivity index (χ4v) is 3.19. The van der Waals surface area contributed by atoms with Gasteiger partial charge in [0.15, 0.2) is 5.78 Å². The van der Waals surface area contributed by atoms with E-state index in [1.54, 1.807) is 0 Å². The highest BCUT2D eigenvalue weighted by Gasteiger charge is 2.25. The summed E-state index contributed by atoms with van der Waals surface area (Å²) in [6, 6.07) is 16.7. The molecule has 0 heterocycles. The van der Waals surface area contributed by atoms with E-state index in [-0.39, 0.29) is 5.92 Å². The first kappa shape index (κ1) is 14.1. The summed E-state index contributed by atoms with van der Waals surface area (Å²) >= 11 is 0. The Kier molecular flexibility index (Phi) is 3.92. The van der Waals surface area contributed by atoms with Gasteiger partial charge in [-0.2, -0.15) is 0 Å². The van der Waals surface area contributed by atoms with E-state index in [0.717, 1.165) is 24.8 Å². The van der Waals surface area contributed by atoms with E-state index in [2.05, 4.69) is 50.2 Å². The zero-order valence-corrected chi connectivity index (χ0v) is 12.8. The first-order valence-electron chi connectivity index (χ1n) is 7.86. The molecule has 1 nitrogen and oxygen atoms in total. The van der Waals surface area contributed by atoms with Crippen LogP contribution in [0.15, 0.2) is 48.5 Å². The third-order valence-electron chi connectivity index (χ3n) is 4.58. The molecule has 2 aromatic rings. The number of carbonyl (C=O) groups excluding carboxylic acids is 1. The molecule has 0 aromatic heterocycles. The van der Waals surface area contributed by atoms with Crippen molar-refractivity contribution in [1.82, 2.24) is 0 Å². The van der Waals surface area contributed by atoms with Gasteiger partial charge in [0.05, 0.1) is 0 Å². The van der Waals surface area contributed by atoms with Gasteiger partial charge in [-0.3, -0.25) is 4.79 Å². The van der Waals surface area contributed by atoms with Crippen molar-refractivity contribution in [3.63, 3.8) is 0 Å². The second kappa shape index (κ2) is 5.85. The Balaban J connectivity index is 1.77. The Hall–Kier alpha value is -1.89. The molecule has 1 heteroatoms. The van der Waals surface area contributed by atoms with Crippen LogP contribution in [0.1, 0.15) is 53.2 Å². The Labute approximate surface area is 127 Å². The van der Waals surface area contributed by atoms with Crippen molar-refractivity contribution in [2.45, 2.75) is 39.0 Å². The van der Waals surface area contributed by atoms with Crippen molar-refractivity contribution in [3.8, 4) is 0 Å². The van der Waals surface area contributed by atoms with E-state index in [4.69, 9.17) is 0 Å². The molecule has 0 bridgehead atoms. The van der Waals surface area contributed by atoms with Crippen molar-refractivity contribution in [2.24, 2.45) is 5.92 Å². The highest BCUT2D eigenvalue weighted by Crippen LogP contribution is 2.28. The van der Waals surface area contributed by atoms with Gasteiger partial charge in [0.25, 0.3) is 0 Å². The molecule has 0 aliphatic heterocycles. The molecular weight excluding hydrogens is 256 g/mol. The van der Waals surface area contributed by atoms with E-state index in [1.165, 1.54) is 16.7 Å². The summed E-state index contributed by atoms with van der Waals surface area (Å²) in [5, 5.41) is 0. The maximum absolute atomic E-state index is 12.7. The summed E-state index contributed by atoms with van der Waals surface area (Å²) in [5.74, 6) is 0.959. The molecular formula is C20H22O. The minimum atomic E-state index is 0.143. The number of hydrogen-bond donors (Lipinski definition) is 0. The SMILES string of the molecule is CC(C)c1ccc(C(=O)C2CCc3ccccc3C2)cc1. The molecule has 0 amide bonds. The van der Waals surface area contributed by atoms with Crippen LogP contribution in [-0.4, -0.2) is 5.78 Å². The molecule has 0 saturated heterocycles. The van der Waals surface area contributed by atoms with E-state index in [9.17, 15) is 4.79 Å². The highest BCUT2D eigenvalue weighted by atomic mass is 16.1. The predicted molar refractivity (Wildman–Crippen MR) is 86.8 cm³/mol. The first-order chi connectivity index (χ1) is 10.1. The normalized spacial score (nSPS) is 17.6. The van der Waals surface area contributed by atoms with Gasteiger partial charge in [0.2, 0.25) is 0 Å². The summed E-state index contributed by atoms with van der Waals surface area (Å²) in [7, 11) is 0. The van der Waals surface area contributed by atoms with Crippen LogP contribution in [0.25, 0.3) is 0 Å². The Morgan fingerprint density at radius 1 is 1.00 bits per heavy atom. The summed E-state index contributed by atoms with van der Waals surface area (Å²) < 4.78 is 0. The topological polar surface area (TPSA) is 17.1 Å². The van der Waals surface area contributed by atoms with Crippen molar-refractivity contribution < 1.29 is 4.79 Å². The lowest BCUT2D eigenvalue weighted by molar-refractivity contribution is 0.0908. The fraction of sp³-hybridized carbons (Fsp3) is 0.350. The van der Waals surface area contributed by atoms with Crippen molar-refractivity contribution in [3.05, 3.63) is 70.8 Å². The minimum Gasteiger partial charge on any atom is -0.294 e. The number of Topliss-reactive ketones (excluding diaryl/α,β-unsaturated/α-hetero) is 1. The van der Waals surface area contributed by atoms with E-state index in [1.807, 2.05) is 12.1 Å². The average molecular weight is 278 g/mol. The third-order valence-corrected chi connectivity index (χ3v) is 4.58. The number of hydrogen-bond acceptors (Lipinski definition) is 1. The molecule has 0 fully saturated rings. The van der Waals surface area contributed by atoms with Gasteiger partial charge >= 0.3 is 0 Å². The van der Waals surface area contributed by atoms with Gasteiger partial charge in [-0.15, -0.1) is 0 Å². The van der Waals surface area contributed by atoms with E-state index in [0.29, 0.717) is 11.7 Å². The Morgan fingerprint density at radius 2 is 1.67 bits per heavy atom. The standard InChI is InChI=1S/C20H22O/c1-14(2)15-7-10-17(11-8-15)20(21)19-12-9-16-5-3-4-6-18(16)13-19/h3-8,10-11,14,19H,9,12-13H2,1-2H3. The number of ketones is 1. The number of benzene rings is 2. The van der Waals surface area contributed by atoms with Crippen LogP contribution in [0.5, 0.6) is 0 Å². The fourth-order valence-electron chi connectivity index (χ4n) is 3.19.